The van der Waals surface area contributed by atoms with E-state index in [0.29, 0.717) is 6.61 Å². The minimum atomic E-state index is -0.281. The molecule has 0 spiro atoms. The molecule has 1 aromatic rings. The fourth-order valence-electron chi connectivity index (χ4n) is 1.74. The van der Waals surface area contributed by atoms with Crippen molar-refractivity contribution in [1.82, 2.24) is 10.3 Å². The normalized spacial score (nSPS) is 16.6. The number of methoxy groups -OCH3 is 2. The largest absolute Gasteiger partial charge is 0.383 e. The molecule has 0 aromatic carbocycles. The highest BCUT2D eigenvalue weighted by molar-refractivity contribution is 7.11. The summed E-state index contributed by atoms with van der Waals surface area (Å²) in [6.45, 7) is 9.79. The van der Waals surface area contributed by atoms with Crippen molar-refractivity contribution in [2.75, 3.05) is 27.4 Å². The molecule has 0 radical (unpaired) electrons. The predicted molar refractivity (Wildman–Crippen MR) is 75.3 cm³/mol. The topological polar surface area (TPSA) is 43.4 Å². The van der Waals surface area contributed by atoms with E-state index >= 15 is 0 Å². The quantitative estimate of drug-likeness (QED) is 0.773. The number of aryl methyl sites for hydroxylation is 2. The number of nitrogens with zero attached hydrogens (tertiary/aromatic N) is 1. The molecule has 0 aliphatic rings. The number of nitrogens with one attached hydrogen (secondary N) is 1. The van der Waals surface area contributed by atoms with Gasteiger partial charge in [-0.05, 0) is 27.7 Å². The Hall–Kier alpha value is -0.490. The van der Waals surface area contributed by atoms with Gasteiger partial charge in [-0.3, -0.25) is 0 Å². The molecule has 0 amide bonds. The average Bonchev–Trinajstić information content (AvgIpc) is 2.69. The lowest BCUT2D eigenvalue weighted by Crippen LogP contribution is -2.50. The molecule has 1 N–H and O–H groups in total. The van der Waals surface area contributed by atoms with E-state index in [1.165, 1.54) is 4.88 Å². The highest BCUT2D eigenvalue weighted by atomic mass is 32.1. The first-order chi connectivity index (χ1) is 8.45. The standard InChI is InChI=1S/C13H24N2O2S/c1-9-10(2)18-12(15-9)13(4,11(3)17-6)14-7-8-16-5/h11,14H,7-8H2,1-6H3. The summed E-state index contributed by atoms with van der Waals surface area (Å²) in [6.07, 6.45) is 0.0410. The molecule has 2 atom stereocenters. The summed E-state index contributed by atoms with van der Waals surface area (Å²) in [6, 6.07) is 0. The van der Waals surface area contributed by atoms with Crippen LogP contribution in [0, 0.1) is 13.8 Å². The fraction of sp³-hybridized carbons (Fsp3) is 0.769. The monoisotopic (exact) mass is 272 g/mol. The number of ether oxygens (including phenoxy) is 2. The molecule has 18 heavy (non-hydrogen) atoms. The lowest BCUT2D eigenvalue weighted by atomic mass is 9.96. The molecular weight excluding hydrogens is 248 g/mol. The van der Waals surface area contributed by atoms with Gasteiger partial charge < -0.3 is 14.8 Å². The first-order valence-electron chi connectivity index (χ1n) is 6.17. The van der Waals surface area contributed by atoms with Gasteiger partial charge in [0, 0.05) is 25.6 Å². The molecule has 0 saturated carbocycles. The number of thiazole rings is 1. The van der Waals surface area contributed by atoms with Crippen molar-refractivity contribution in [3.63, 3.8) is 0 Å². The second kappa shape index (κ2) is 6.61. The minimum Gasteiger partial charge on any atom is -0.383 e. The molecule has 4 nitrogen and oxygen atoms in total. The molecule has 0 saturated heterocycles. The zero-order valence-corrected chi connectivity index (χ0v) is 13.0. The van der Waals surface area contributed by atoms with Crippen LogP contribution in [-0.2, 0) is 15.0 Å². The van der Waals surface area contributed by atoms with E-state index in [2.05, 4.69) is 31.1 Å². The summed E-state index contributed by atoms with van der Waals surface area (Å²) in [5, 5.41) is 4.57. The van der Waals surface area contributed by atoms with Crippen LogP contribution in [0.15, 0.2) is 0 Å². The van der Waals surface area contributed by atoms with E-state index < -0.39 is 0 Å². The Morgan fingerprint density at radius 3 is 2.50 bits per heavy atom. The summed E-state index contributed by atoms with van der Waals surface area (Å²) < 4.78 is 10.6. The third-order valence-electron chi connectivity index (χ3n) is 3.44. The third kappa shape index (κ3) is 3.29. The van der Waals surface area contributed by atoms with Crippen molar-refractivity contribution >= 4 is 11.3 Å². The van der Waals surface area contributed by atoms with Crippen molar-refractivity contribution in [2.24, 2.45) is 0 Å². The van der Waals surface area contributed by atoms with Gasteiger partial charge in [-0.15, -0.1) is 11.3 Å². The molecular formula is C13H24N2O2S. The number of aromatic nitrogens is 1. The van der Waals surface area contributed by atoms with Gasteiger partial charge in [-0.25, -0.2) is 4.98 Å². The van der Waals surface area contributed by atoms with E-state index in [0.717, 1.165) is 17.2 Å². The van der Waals surface area contributed by atoms with Gasteiger partial charge >= 0.3 is 0 Å². The van der Waals surface area contributed by atoms with Crippen LogP contribution in [0.1, 0.15) is 29.4 Å². The van der Waals surface area contributed by atoms with Crippen LogP contribution in [0.25, 0.3) is 0 Å². The summed E-state index contributed by atoms with van der Waals surface area (Å²) in [5.41, 5.74) is 0.815. The van der Waals surface area contributed by atoms with E-state index in [4.69, 9.17) is 9.47 Å². The second-order valence-electron chi connectivity index (χ2n) is 4.66. The van der Waals surface area contributed by atoms with E-state index in [1.54, 1.807) is 25.6 Å². The molecule has 0 aliphatic heterocycles. The van der Waals surface area contributed by atoms with Crippen LogP contribution < -0.4 is 5.32 Å². The van der Waals surface area contributed by atoms with Crippen molar-refractivity contribution < 1.29 is 9.47 Å². The number of hydrogen-bond acceptors (Lipinski definition) is 5. The Morgan fingerprint density at radius 2 is 2.06 bits per heavy atom. The predicted octanol–water partition coefficient (Wildman–Crippen LogP) is 2.25. The van der Waals surface area contributed by atoms with Crippen LogP contribution in [0.5, 0.6) is 0 Å². The lowest BCUT2D eigenvalue weighted by Gasteiger charge is -2.34. The molecule has 1 heterocycles. The number of hydrogen-bond donors (Lipinski definition) is 1. The highest BCUT2D eigenvalue weighted by Gasteiger charge is 2.36. The Kier molecular flexibility index (Phi) is 5.72. The van der Waals surface area contributed by atoms with Gasteiger partial charge in [-0.2, -0.15) is 0 Å². The summed E-state index contributed by atoms with van der Waals surface area (Å²) in [7, 11) is 3.44. The fourth-order valence-corrected chi connectivity index (χ4v) is 2.85. The van der Waals surface area contributed by atoms with Gasteiger partial charge in [0.1, 0.15) is 5.01 Å². The van der Waals surface area contributed by atoms with Crippen LogP contribution in [0.3, 0.4) is 0 Å². The van der Waals surface area contributed by atoms with Crippen molar-refractivity contribution in [1.29, 1.82) is 0 Å². The highest BCUT2D eigenvalue weighted by Crippen LogP contribution is 2.31. The summed E-state index contributed by atoms with van der Waals surface area (Å²) in [4.78, 5) is 5.92. The Balaban J connectivity index is 2.96. The number of rotatable bonds is 7. The molecule has 1 rings (SSSR count). The maximum Gasteiger partial charge on any atom is 0.116 e. The van der Waals surface area contributed by atoms with Crippen molar-refractivity contribution in [2.45, 2.75) is 39.3 Å². The molecule has 0 bridgehead atoms. The molecule has 1 aromatic heterocycles. The van der Waals surface area contributed by atoms with E-state index in [1.807, 2.05) is 6.92 Å². The van der Waals surface area contributed by atoms with Crippen molar-refractivity contribution in [3.8, 4) is 0 Å². The Bertz CT molecular complexity index is 362. The Labute approximate surface area is 114 Å². The maximum absolute atomic E-state index is 5.51. The average molecular weight is 272 g/mol. The van der Waals surface area contributed by atoms with Crippen LogP contribution in [0.4, 0.5) is 0 Å². The minimum absolute atomic E-state index is 0.0410. The van der Waals surface area contributed by atoms with Gasteiger partial charge in [0.15, 0.2) is 0 Å². The van der Waals surface area contributed by atoms with Gasteiger partial charge in [-0.1, -0.05) is 0 Å². The van der Waals surface area contributed by atoms with Gasteiger partial charge in [0.25, 0.3) is 0 Å². The second-order valence-corrected chi connectivity index (χ2v) is 5.86. The third-order valence-corrected chi connectivity index (χ3v) is 4.75. The van der Waals surface area contributed by atoms with Crippen LogP contribution >= 0.6 is 11.3 Å². The van der Waals surface area contributed by atoms with E-state index in [9.17, 15) is 0 Å². The van der Waals surface area contributed by atoms with Gasteiger partial charge in [0.05, 0.1) is 23.9 Å². The SMILES string of the molecule is COCCNC(C)(c1nc(C)c(C)s1)C(C)OC. The Morgan fingerprint density at radius 1 is 1.39 bits per heavy atom. The first-order valence-corrected chi connectivity index (χ1v) is 6.98. The molecule has 5 heteroatoms. The zero-order valence-electron chi connectivity index (χ0n) is 12.2. The summed E-state index contributed by atoms with van der Waals surface area (Å²) >= 11 is 1.73. The maximum atomic E-state index is 5.51. The van der Waals surface area contributed by atoms with E-state index in [-0.39, 0.29) is 11.6 Å². The first kappa shape index (κ1) is 15.6. The molecule has 2 unspecified atom stereocenters. The van der Waals surface area contributed by atoms with Gasteiger partial charge in [0.2, 0.25) is 0 Å². The lowest BCUT2D eigenvalue weighted by molar-refractivity contribution is 0.0325. The zero-order chi connectivity index (χ0) is 13.8. The van der Waals surface area contributed by atoms with Crippen molar-refractivity contribution in [3.05, 3.63) is 15.6 Å². The molecule has 0 fully saturated rings. The summed E-state index contributed by atoms with van der Waals surface area (Å²) in [5.74, 6) is 0. The van der Waals surface area contributed by atoms with Crippen LogP contribution in [0.2, 0.25) is 0 Å². The molecule has 0 aliphatic carbocycles. The smallest absolute Gasteiger partial charge is 0.116 e. The van der Waals surface area contributed by atoms with Crippen LogP contribution in [-0.4, -0.2) is 38.5 Å². The molecule has 104 valence electrons.